The molecule has 0 saturated heterocycles. The van der Waals surface area contributed by atoms with Gasteiger partial charge in [0.05, 0.1) is 18.2 Å². The van der Waals surface area contributed by atoms with E-state index in [-0.39, 0.29) is 5.56 Å². The van der Waals surface area contributed by atoms with Gasteiger partial charge in [-0.25, -0.2) is 9.97 Å². The van der Waals surface area contributed by atoms with Crippen LogP contribution in [-0.2, 0) is 6.54 Å². The van der Waals surface area contributed by atoms with Crippen LogP contribution in [-0.4, -0.2) is 28.4 Å². The maximum atomic E-state index is 12.5. The van der Waals surface area contributed by atoms with Crippen LogP contribution < -0.4 is 20.5 Å². The summed E-state index contributed by atoms with van der Waals surface area (Å²) in [5.41, 5.74) is 1.95. The number of hydrogen-bond donors (Lipinski definition) is 1. The molecule has 0 aliphatic rings. The highest BCUT2D eigenvalue weighted by Gasteiger charge is 2.11. The summed E-state index contributed by atoms with van der Waals surface area (Å²) in [5.74, 6) is 0.805. The topological polar surface area (TPSA) is 78.3 Å². The van der Waals surface area contributed by atoms with E-state index >= 15 is 0 Å². The molecule has 7 heteroatoms. The van der Waals surface area contributed by atoms with E-state index in [0.29, 0.717) is 24.5 Å². The zero-order chi connectivity index (χ0) is 18.4. The van der Waals surface area contributed by atoms with Crippen molar-refractivity contribution in [1.82, 2.24) is 14.7 Å². The molecule has 7 nitrogen and oxygen atoms in total. The van der Waals surface area contributed by atoms with Gasteiger partial charge in [-0.05, 0) is 24.1 Å². The Labute approximate surface area is 151 Å². The molecule has 3 rings (SSSR count). The van der Waals surface area contributed by atoms with E-state index in [9.17, 15) is 4.79 Å². The number of unbranched alkanes of at least 4 members (excludes halogenated alkanes) is 1. The van der Waals surface area contributed by atoms with E-state index in [1.807, 2.05) is 24.3 Å². The van der Waals surface area contributed by atoms with Crippen LogP contribution in [0.2, 0.25) is 0 Å². The van der Waals surface area contributed by atoms with Gasteiger partial charge in [-0.3, -0.25) is 4.79 Å². The SMILES string of the molecule is CCCCOn1c(=O)cc(NCc2ccc(OC)cc2)c2cncnc21. The van der Waals surface area contributed by atoms with Gasteiger partial charge in [-0.15, -0.1) is 4.73 Å². The molecule has 0 radical (unpaired) electrons. The fourth-order valence-corrected chi connectivity index (χ4v) is 2.55. The molecule has 0 spiro atoms. The van der Waals surface area contributed by atoms with Crippen LogP contribution >= 0.6 is 0 Å². The average Bonchev–Trinajstić information content (AvgIpc) is 2.68. The predicted molar refractivity (Wildman–Crippen MR) is 100 cm³/mol. The monoisotopic (exact) mass is 354 g/mol. The highest BCUT2D eigenvalue weighted by atomic mass is 16.7. The molecule has 0 bridgehead atoms. The molecule has 2 aromatic heterocycles. The molecule has 0 saturated carbocycles. The molecule has 0 aliphatic heterocycles. The Balaban J connectivity index is 1.86. The van der Waals surface area contributed by atoms with Crippen LogP contribution in [0.5, 0.6) is 5.75 Å². The number of ether oxygens (including phenoxy) is 1. The fraction of sp³-hybridized carbons (Fsp3) is 0.316. The summed E-state index contributed by atoms with van der Waals surface area (Å²) >= 11 is 0. The molecular weight excluding hydrogens is 332 g/mol. The first-order valence-electron chi connectivity index (χ1n) is 8.58. The van der Waals surface area contributed by atoms with E-state index in [1.54, 1.807) is 13.3 Å². The van der Waals surface area contributed by atoms with Crippen molar-refractivity contribution in [2.24, 2.45) is 0 Å². The molecule has 0 fully saturated rings. The average molecular weight is 354 g/mol. The molecule has 0 unspecified atom stereocenters. The van der Waals surface area contributed by atoms with E-state index < -0.39 is 0 Å². The van der Waals surface area contributed by atoms with Gasteiger partial charge in [-0.2, -0.15) is 0 Å². The van der Waals surface area contributed by atoms with Gasteiger partial charge in [-0.1, -0.05) is 25.5 Å². The fourth-order valence-electron chi connectivity index (χ4n) is 2.55. The molecule has 2 heterocycles. The van der Waals surface area contributed by atoms with Gasteiger partial charge in [0.1, 0.15) is 18.7 Å². The second-order valence-electron chi connectivity index (χ2n) is 5.84. The maximum Gasteiger partial charge on any atom is 0.287 e. The highest BCUT2D eigenvalue weighted by Crippen LogP contribution is 2.20. The molecule has 0 atom stereocenters. The summed E-state index contributed by atoms with van der Waals surface area (Å²) in [7, 11) is 1.64. The summed E-state index contributed by atoms with van der Waals surface area (Å²) in [6, 6.07) is 9.26. The number of anilines is 1. The maximum absolute atomic E-state index is 12.5. The predicted octanol–water partition coefficient (Wildman–Crippen LogP) is 2.64. The molecule has 26 heavy (non-hydrogen) atoms. The molecule has 0 aliphatic carbocycles. The normalized spacial score (nSPS) is 10.7. The number of nitrogens with one attached hydrogen (secondary N) is 1. The van der Waals surface area contributed by atoms with Crippen LogP contribution in [0.25, 0.3) is 11.0 Å². The standard InChI is InChI=1S/C19H22N4O3/c1-3-4-9-26-23-18(24)10-17(16-12-20-13-22-19(16)23)21-11-14-5-7-15(25-2)8-6-14/h5-8,10,12-13,21H,3-4,9,11H2,1-2H3. The van der Waals surface area contributed by atoms with Crippen molar-refractivity contribution in [3.8, 4) is 5.75 Å². The van der Waals surface area contributed by atoms with Crippen molar-refractivity contribution in [2.75, 3.05) is 19.0 Å². The first kappa shape index (κ1) is 17.7. The second kappa shape index (κ2) is 8.33. The number of benzene rings is 1. The Hall–Kier alpha value is -3.09. The summed E-state index contributed by atoms with van der Waals surface area (Å²) in [5, 5.41) is 4.02. The lowest BCUT2D eigenvalue weighted by Crippen LogP contribution is -2.28. The summed E-state index contributed by atoms with van der Waals surface area (Å²) in [6.45, 7) is 3.10. The van der Waals surface area contributed by atoms with Crippen molar-refractivity contribution < 1.29 is 9.57 Å². The van der Waals surface area contributed by atoms with Crippen molar-refractivity contribution in [3.63, 3.8) is 0 Å². The lowest BCUT2D eigenvalue weighted by Gasteiger charge is -2.14. The van der Waals surface area contributed by atoms with Gasteiger partial charge in [0.25, 0.3) is 5.56 Å². The van der Waals surface area contributed by atoms with Crippen molar-refractivity contribution in [1.29, 1.82) is 0 Å². The van der Waals surface area contributed by atoms with Crippen LogP contribution in [0, 0.1) is 0 Å². The Kier molecular flexibility index (Phi) is 5.68. The zero-order valence-corrected chi connectivity index (χ0v) is 14.9. The first-order valence-corrected chi connectivity index (χ1v) is 8.58. The summed E-state index contributed by atoms with van der Waals surface area (Å²) < 4.78 is 6.41. The third-order valence-electron chi connectivity index (χ3n) is 4.00. The van der Waals surface area contributed by atoms with Gasteiger partial charge in [0.15, 0.2) is 5.65 Å². The van der Waals surface area contributed by atoms with Crippen molar-refractivity contribution >= 4 is 16.7 Å². The van der Waals surface area contributed by atoms with E-state index in [1.165, 1.54) is 17.1 Å². The largest absolute Gasteiger partial charge is 0.497 e. The molecule has 136 valence electrons. The molecular formula is C19H22N4O3. The minimum Gasteiger partial charge on any atom is -0.497 e. The van der Waals surface area contributed by atoms with Crippen LogP contribution in [0.3, 0.4) is 0 Å². The third kappa shape index (κ3) is 3.93. The number of fused-ring (bicyclic) bond motifs is 1. The van der Waals surface area contributed by atoms with Crippen molar-refractivity contribution in [3.05, 3.63) is 58.8 Å². The smallest absolute Gasteiger partial charge is 0.287 e. The molecule has 1 aromatic carbocycles. The van der Waals surface area contributed by atoms with E-state index in [0.717, 1.165) is 29.5 Å². The number of hydrogen-bond acceptors (Lipinski definition) is 6. The van der Waals surface area contributed by atoms with Crippen LogP contribution in [0.1, 0.15) is 25.3 Å². The number of pyridine rings is 1. The Morgan fingerprint density at radius 3 is 2.77 bits per heavy atom. The van der Waals surface area contributed by atoms with Crippen LogP contribution in [0.15, 0.2) is 47.7 Å². The minimum atomic E-state index is -0.260. The number of methoxy groups -OCH3 is 1. The Morgan fingerprint density at radius 1 is 1.23 bits per heavy atom. The zero-order valence-electron chi connectivity index (χ0n) is 14.9. The first-order chi connectivity index (χ1) is 12.7. The lowest BCUT2D eigenvalue weighted by molar-refractivity contribution is 0.108. The van der Waals surface area contributed by atoms with Crippen molar-refractivity contribution in [2.45, 2.75) is 26.3 Å². The number of rotatable bonds is 8. The summed E-state index contributed by atoms with van der Waals surface area (Å²) in [6.07, 6.45) is 4.95. The minimum absolute atomic E-state index is 0.260. The lowest BCUT2D eigenvalue weighted by atomic mass is 10.2. The molecule has 3 aromatic rings. The van der Waals surface area contributed by atoms with E-state index in [2.05, 4.69) is 22.2 Å². The number of nitrogens with zero attached hydrogens (tertiary/aromatic N) is 3. The van der Waals surface area contributed by atoms with Gasteiger partial charge in [0, 0.05) is 18.8 Å². The molecule has 0 amide bonds. The summed E-state index contributed by atoms with van der Waals surface area (Å²) in [4.78, 5) is 26.4. The van der Waals surface area contributed by atoms with Gasteiger partial charge in [0.2, 0.25) is 0 Å². The third-order valence-corrected chi connectivity index (χ3v) is 4.00. The number of aromatic nitrogens is 3. The molecule has 1 N–H and O–H groups in total. The quantitative estimate of drug-likeness (QED) is 0.627. The van der Waals surface area contributed by atoms with Gasteiger partial charge < -0.3 is 14.9 Å². The van der Waals surface area contributed by atoms with Crippen LogP contribution in [0.4, 0.5) is 5.69 Å². The Morgan fingerprint density at radius 2 is 2.04 bits per heavy atom. The second-order valence-corrected chi connectivity index (χ2v) is 5.84. The van der Waals surface area contributed by atoms with E-state index in [4.69, 9.17) is 9.57 Å². The Bertz CT molecular complexity index is 922. The highest BCUT2D eigenvalue weighted by molar-refractivity contribution is 5.87. The van der Waals surface area contributed by atoms with Gasteiger partial charge >= 0.3 is 0 Å².